The summed E-state index contributed by atoms with van der Waals surface area (Å²) in [5, 5.41) is 1.73. The summed E-state index contributed by atoms with van der Waals surface area (Å²) in [5.41, 5.74) is 3.09. The molecular weight excluding hydrogens is 360 g/mol. The SMILES string of the molecule is Cc1ccc2ncnc(N3CCN(C(=O)Cc4cccc(Cl)c4)CC3)c2c1. The van der Waals surface area contributed by atoms with Crippen LogP contribution >= 0.6 is 11.6 Å². The molecule has 138 valence electrons. The van der Waals surface area contributed by atoms with E-state index in [9.17, 15) is 4.79 Å². The van der Waals surface area contributed by atoms with Gasteiger partial charge in [-0.3, -0.25) is 4.79 Å². The first-order valence-electron chi connectivity index (χ1n) is 9.09. The molecule has 1 aromatic heterocycles. The number of carbonyl (C=O) groups is 1. The van der Waals surface area contributed by atoms with Crippen molar-refractivity contribution in [1.82, 2.24) is 14.9 Å². The molecule has 0 radical (unpaired) electrons. The Morgan fingerprint density at radius 1 is 1.07 bits per heavy atom. The Bertz CT molecular complexity index is 983. The van der Waals surface area contributed by atoms with Crippen LogP contribution in [0.25, 0.3) is 10.9 Å². The summed E-state index contributed by atoms with van der Waals surface area (Å²) >= 11 is 6.02. The van der Waals surface area contributed by atoms with E-state index >= 15 is 0 Å². The molecule has 2 aromatic carbocycles. The quantitative estimate of drug-likeness (QED) is 0.698. The Kier molecular flexibility index (Phi) is 4.94. The Balaban J connectivity index is 1.45. The predicted molar refractivity (Wildman–Crippen MR) is 108 cm³/mol. The van der Waals surface area contributed by atoms with Crippen LogP contribution in [0.5, 0.6) is 0 Å². The number of rotatable bonds is 3. The molecule has 0 N–H and O–H groups in total. The molecule has 1 aliphatic heterocycles. The molecule has 5 nitrogen and oxygen atoms in total. The number of aryl methyl sites for hydroxylation is 1. The van der Waals surface area contributed by atoms with E-state index in [-0.39, 0.29) is 5.91 Å². The van der Waals surface area contributed by atoms with E-state index in [0.29, 0.717) is 24.5 Å². The van der Waals surface area contributed by atoms with E-state index in [2.05, 4.69) is 33.9 Å². The summed E-state index contributed by atoms with van der Waals surface area (Å²) in [6.45, 7) is 4.98. The average molecular weight is 381 g/mol. The summed E-state index contributed by atoms with van der Waals surface area (Å²) < 4.78 is 0. The van der Waals surface area contributed by atoms with Gasteiger partial charge in [-0.05, 0) is 36.8 Å². The lowest BCUT2D eigenvalue weighted by Crippen LogP contribution is -2.49. The van der Waals surface area contributed by atoms with Crippen LogP contribution in [0.15, 0.2) is 48.8 Å². The fourth-order valence-corrected chi connectivity index (χ4v) is 3.72. The molecule has 0 spiro atoms. The van der Waals surface area contributed by atoms with Gasteiger partial charge in [0.1, 0.15) is 12.1 Å². The van der Waals surface area contributed by atoms with E-state index in [1.54, 1.807) is 6.33 Å². The fourth-order valence-electron chi connectivity index (χ4n) is 3.51. The Morgan fingerprint density at radius 3 is 2.67 bits per heavy atom. The molecule has 1 saturated heterocycles. The number of benzene rings is 2. The number of aromatic nitrogens is 2. The second-order valence-corrected chi connectivity index (χ2v) is 7.33. The number of hydrogen-bond donors (Lipinski definition) is 0. The molecule has 1 amide bonds. The van der Waals surface area contributed by atoms with Crippen molar-refractivity contribution in [3.05, 3.63) is 64.9 Å². The van der Waals surface area contributed by atoms with Crippen molar-refractivity contribution in [3.63, 3.8) is 0 Å². The smallest absolute Gasteiger partial charge is 0.227 e. The summed E-state index contributed by atoms with van der Waals surface area (Å²) in [5.74, 6) is 1.09. The first kappa shape index (κ1) is 17.7. The van der Waals surface area contributed by atoms with Gasteiger partial charge in [0, 0.05) is 36.6 Å². The number of piperazine rings is 1. The Labute approximate surface area is 163 Å². The van der Waals surface area contributed by atoms with Gasteiger partial charge in [0.2, 0.25) is 5.91 Å². The maximum atomic E-state index is 12.6. The largest absolute Gasteiger partial charge is 0.352 e. The zero-order chi connectivity index (χ0) is 18.8. The highest BCUT2D eigenvalue weighted by molar-refractivity contribution is 6.30. The van der Waals surface area contributed by atoms with Gasteiger partial charge < -0.3 is 9.80 Å². The van der Waals surface area contributed by atoms with Gasteiger partial charge in [-0.25, -0.2) is 9.97 Å². The van der Waals surface area contributed by atoms with Gasteiger partial charge in [0.25, 0.3) is 0 Å². The van der Waals surface area contributed by atoms with Gasteiger partial charge >= 0.3 is 0 Å². The average Bonchev–Trinajstić information content (AvgIpc) is 2.67. The minimum atomic E-state index is 0.139. The molecule has 0 atom stereocenters. The number of hydrogen-bond acceptors (Lipinski definition) is 4. The van der Waals surface area contributed by atoms with Gasteiger partial charge in [-0.15, -0.1) is 0 Å². The number of amides is 1. The molecule has 0 saturated carbocycles. The predicted octanol–water partition coefficient (Wildman–Crippen LogP) is 3.48. The number of fused-ring (bicyclic) bond motifs is 1. The first-order chi connectivity index (χ1) is 13.1. The monoisotopic (exact) mass is 380 g/mol. The van der Waals surface area contributed by atoms with Crippen LogP contribution in [0.1, 0.15) is 11.1 Å². The van der Waals surface area contributed by atoms with Gasteiger partial charge in [-0.1, -0.05) is 35.4 Å². The van der Waals surface area contributed by atoms with Crippen LogP contribution in [-0.4, -0.2) is 47.0 Å². The topological polar surface area (TPSA) is 49.3 Å². The van der Waals surface area contributed by atoms with Crippen LogP contribution in [0.2, 0.25) is 5.02 Å². The molecule has 2 heterocycles. The lowest BCUT2D eigenvalue weighted by molar-refractivity contribution is -0.130. The molecule has 0 bridgehead atoms. The Hall–Kier alpha value is -2.66. The zero-order valence-corrected chi connectivity index (χ0v) is 16.0. The van der Waals surface area contributed by atoms with Gasteiger partial charge in [0.15, 0.2) is 0 Å². The summed E-state index contributed by atoms with van der Waals surface area (Å²) in [6.07, 6.45) is 2.00. The molecule has 1 fully saturated rings. The summed E-state index contributed by atoms with van der Waals surface area (Å²) in [4.78, 5) is 25.7. The van der Waals surface area contributed by atoms with Crippen molar-refractivity contribution in [3.8, 4) is 0 Å². The highest BCUT2D eigenvalue weighted by Crippen LogP contribution is 2.25. The van der Waals surface area contributed by atoms with Crippen LogP contribution in [0, 0.1) is 6.92 Å². The number of nitrogens with zero attached hydrogens (tertiary/aromatic N) is 4. The molecule has 6 heteroatoms. The second-order valence-electron chi connectivity index (χ2n) is 6.89. The molecule has 1 aliphatic rings. The van der Waals surface area contributed by atoms with Crippen molar-refractivity contribution in [2.45, 2.75) is 13.3 Å². The number of anilines is 1. The lowest BCUT2D eigenvalue weighted by Gasteiger charge is -2.36. The van der Waals surface area contributed by atoms with Crippen LogP contribution < -0.4 is 4.90 Å². The highest BCUT2D eigenvalue weighted by atomic mass is 35.5. The normalized spacial score (nSPS) is 14.6. The summed E-state index contributed by atoms with van der Waals surface area (Å²) in [6, 6.07) is 13.7. The minimum Gasteiger partial charge on any atom is -0.352 e. The van der Waals surface area contributed by atoms with Crippen molar-refractivity contribution < 1.29 is 4.79 Å². The van der Waals surface area contributed by atoms with E-state index in [1.807, 2.05) is 35.2 Å². The van der Waals surface area contributed by atoms with E-state index in [4.69, 9.17) is 11.6 Å². The number of carbonyl (C=O) groups excluding carboxylic acids is 1. The first-order valence-corrected chi connectivity index (χ1v) is 9.46. The van der Waals surface area contributed by atoms with Crippen molar-refractivity contribution in [2.75, 3.05) is 31.1 Å². The maximum absolute atomic E-state index is 12.6. The van der Waals surface area contributed by atoms with Crippen LogP contribution in [0.3, 0.4) is 0 Å². The maximum Gasteiger partial charge on any atom is 0.227 e. The second kappa shape index (κ2) is 7.53. The Morgan fingerprint density at radius 2 is 1.89 bits per heavy atom. The van der Waals surface area contributed by atoms with E-state index in [0.717, 1.165) is 35.4 Å². The van der Waals surface area contributed by atoms with Gasteiger partial charge in [0.05, 0.1) is 11.9 Å². The van der Waals surface area contributed by atoms with Crippen molar-refractivity contribution in [2.24, 2.45) is 0 Å². The standard InChI is InChI=1S/C21H21ClN4O/c1-15-5-6-19-18(11-15)21(24-14-23-19)26-9-7-25(8-10-26)20(27)13-16-3-2-4-17(22)12-16/h2-6,11-12,14H,7-10,13H2,1H3. The molecular formula is C21H21ClN4O. The number of halogens is 1. The third-order valence-corrected chi connectivity index (χ3v) is 5.18. The van der Waals surface area contributed by atoms with Gasteiger partial charge in [-0.2, -0.15) is 0 Å². The lowest BCUT2D eigenvalue weighted by atomic mass is 10.1. The molecule has 3 aromatic rings. The van der Waals surface area contributed by atoms with E-state index < -0.39 is 0 Å². The molecule has 4 rings (SSSR count). The molecule has 0 aliphatic carbocycles. The minimum absolute atomic E-state index is 0.139. The third-order valence-electron chi connectivity index (χ3n) is 4.95. The zero-order valence-electron chi connectivity index (χ0n) is 15.2. The molecule has 0 unspecified atom stereocenters. The van der Waals surface area contributed by atoms with E-state index in [1.165, 1.54) is 5.56 Å². The van der Waals surface area contributed by atoms with Crippen LogP contribution in [0.4, 0.5) is 5.82 Å². The molecule has 27 heavy (non-hydrogen) atoms. The highest BCUT2D eigenvalue weighted by Gasteiger charge is 2.23. The van der Waals surface area contributed by atoms with Crippen molar-refractivity contribution >= 4 is 34.2 Å². The van der Waals surface area contributed by atoms with Crippen molar-refractivity contribution in [1.29, 1.82) is 0 Å². The van der Waals surface area contributed by atoms with Crippen LogP contribution in [-0.2, 0) is 11.2 Å². The fraction of sp³-hybridized carbons (Fsp3) is 0.286. The summed E-state index contributed by atoms with van der Waals surface area (Å²) in [7, 11) is 0. The third kappa shape index (κ3) is 3.88.